The number of piperidine rings is 1. The summed E-state index contributed by atoms with van der Waals surface area (Å²) in [5.41, 5.74) is 1.88. The number of anilines is 2. The Morgan fingerprint density at radius 2 is 2.03 bits per heavy atom. The van der Waals surface area contributed by atoms with E-state index in [-0.39, 0.29) is 11.8 Å². The first-order chi connectivity index (χ1) is 16.7. The van der Waals surface area contributed by atoms with Gasteiger partial charge in [-0.25, -0.2) is 8.42 Å². The van der Waals surface area contributed by atoms with Crippen LogP contribution >= 0.6 is 0 Å². The molecular formula is C24H29N5O5S. The fourth-order valence-electron chi connectivity index (χ4n) is 4.00. The van der Waals surface area contributed by atoms with Crippen molar-refractivity contribution in [3.05, 3.63) is 54.4 Å². The molecule has 0 radical (unpaired) electrons. The molecule has 35 heavy (non-hydrogen) atoms. The zero-order chi connectivity index (χ0) is 25.0. The van der Waals surface area contributed by atoms with Crippen LogP contribution in [0.3, 0.4) is 0 Å². The average molecular weight is 500 g/mol. The van der Waals surface area contributed by atoms with E-state index in [2.05, 4.69) is 20.4 Å². The predicted octanol–water partition coefficient (Wildman–Crippen LogP) is 2.99. The molecular weight excluding hydrogens is 470 g/mol. The molecule has 186 valence electrons. The number of hydrogen-bond acceptors (Lipinski definition) is 8. The molecule has 2 aromatic carbocycles. The van der Waals surface area contributed by atoms with Crippen molar-refractivity contribution in [1.82, 2.24) is 15.0 Å². The summed E-state index contributed by atoms with van der Waals surface area (Å²) < 4.78 is 35.4. The maximum atomic E-state index is 13.0. The number of aromatic nitrogens is 2. The molecule has 0 spiro atoms. The maximum absolute atomic E-state index is 13.0. The first-order valence-electron chi connectivity index (χ1n) is 11.3. The van der Waals surface area contributed by atoms with Crippen molar-refractivity contribution < 1.29 is 22.5 Å². The molecule has 1 aliphatic heterocycles. The van der Waals surface area contributed by atoms with Crippen LogP contribution < -0.4 is 14.4 Å². The molecule has 2 heterocycles. The molecule has 1 N–H and O–H groups in total. The van der Waals surface area contributed by atoms with E-state index >= 15 is 0 Å². The van der Waals surface area contributed by atoms with Gasteiger partial charge in [0.25, 0.3) is 0 Å². The van der Waals surface area contributed by atoms with E-state index in [4.69, 9.17) is 9.26 Å². The number of carbonyl (C=O) groups excluding carboxylic acids is 1. The predicted molar refractivity (Wildman–Crippen MR) is 133 cm³/mol. The van der Waals surface area contributed by atoms with Crippen LogP contribution in [0.2, 0.25) is 0 Å². The van der Waals surface area contributed by atoms with E-state index in [1.165, 1.54) is 11.4 Å². The van der Waals surface area contributed by atoms with Crippen LogP contribution in [0, 0.1) is 5.92 Å². The van der Waals surface area contributed by atoms with Crippen molar-refractivity contribution in [2.75, 3.05) is 43.1 Å². The normalized spacial score (nSPS) is 16.6. The molecule has 1 aromatic heterocycles. The maximum Gasteiger partial charge on any atom is 0.241 e. The van der Waals surface area contributed by atoms with Crippen LogP contribution in [-0.2, 0) is 21.4 Å². The van der Waals surface area contributed by atoms with Gasteiger partial charge in [0.2, 0.25) is 27.6 Å². The van der Waals surface area contributed by atoms with Crippen molar-refractivity contribution in [2.24, 2.45) is 5.92 Å². The average Bonchev–Trinajstić information content (AvgIpc) is 3.31. The zero-order valence-electron chi connectivity index (χ0n) is 20.0. The van der Waals surface area contributed by atoms with Crippen molar-refractivity contribution in [3.8, 4) is 17.1 Å². The lowest BCUT2D eigenvalue weighted by molar-refractivity contribution is -0.121. The van der Waals surface area contributed by atoms with E-state index in [9.17, 15) is 13.2 Å². The molecule has 11 heteroatoms. The molecule has 3 aromatic rings. The molecule has 10 nitrogen and oxygen atoms in total. The third kappa shape index (κ3) is 6.17. The van der Waals surface area contributed by atoms with Gasteiger partial charge in [0.15, 0.2) is 0 Å². The fraction of sp³-hybridized carbons (Fsp3) is 0.375. The lowest BCUT2D eigenvalue weighted by Gasteiger charge is -2.31. The second-order valence-electron chi connectivity index (χ2n) is 8.58. The Hall–Kier alpha value is -3.44. The molecule has 1 unspecified atom stereocenters. The van der Waals surface area contributed by atoms with Crippen molar-refractivity contribution >= 4 is 27.3 Å². The van der Waals surface area contributed by atoms with E-state index in [0.717, 1.165) is 37.0 Å². The molecule has 1 amide bonds. The van der Waals surface area contributed by atoms with Crippen molar-refractivity contribution in [1.29, 1.82) is 0 Å². The summed E-state index contributed by atoms with van der Waals surface area (Å²) in [4.78, 5) is 19.6. The van der Waals surface area contributed by atoms with Gasteiger partial charge in [0.05, 0.1) is 31.5 Å². The Bertz CT molecular complexity index is 1280. The van der Waals surface area contributed by atoms with Gasteiger partial charge in [0, 0.05) is 24.8 Å². The van der Waals surface area contributed by atoms with E-state index in [1.807, 2.05) is 24.3 Å². The van der Waals surface area contributed by atoms with Gasteiger partial charge in [-0.05, 0) is 61.9 Å². The van der Waals surface area contributed by atoms with Crippen molar-refractivity contribution in [3.63, 3.8) is 0 Å². The third-order valence-corrected chi connectivity index (χ3v) is 7.23. The Morgan fingerprint density at radius 1 is 1.26 bits per heavy atom. The number of sulfonamides is 1. The molecule has 4 rings (SSSR count). The van der Waals surface area contributed by atoms with Crippen LogP contribution in [0.4, 0.5) is 11.4 Å². The Morgan fingerprint density at radius 3 is 2.74 bits per heavy atom. The van der Waals surface area contributed by atoms with Crippen LogP contribution in [-0.4, -0.2) is 62.9 Å². The van der Waals surface area contributed by atoms with Gasteiger partial charge in [-0.1, -0.05) is 11.2 Å². The quantitative estimate of drug-likeness (QED) is 0.503. The second kappa shape index (κ2) is 10.4. The minimum Gasteiger partial charge on any atom is -0.497 e. The topological polar surface area (TPSA) is 118 Å². The number of nitrogens with one attached hydrogen (secondary N) is 1. The van der Waals surface area contributed by atoms with Crippen LogP contribution in [0.25, 0.3) is 11.4 Å². The minimum absolute atomic E-state index is 0.0988. The summed E-state index contributed by atoms with van der Waals surface area (Å²) >= 11 is 0. The molecule has 0 bridgehead atoms. The summed E-state index contributed by atoms with van der Waals surface area (Å²) in [6, 6.07) is 14.2. The highest BCUT2D eigenvalue weighted by molar-refractivity contribution is 7.92. The molecule has 1 saturated heterocycles. The molecule has 1 fully saturated rings. The standard InChI is InChI=1S/C24H29N5O5S/c1-28(35(3,31)32)20-8-4-7-19(14-20)25-24(30)18-6-5-13-29(15-18)16-22-26-23(27-34-22)17-9-11-21(33-2)12-10-17/h4,7-12,14,18H,5-6,13,15-16H2,1-3H3,(H,25,30). The fourth-order valence-corrected chi connectivity index (χ4v) is 4.49. The van der Waals surface area contributed by atoms with Crippen LogP contribution in [0.5, 0.6) is 5.75 Å². The highest BCUT2D eigenvalue weighted by atomic mass is 32.2. The summed E-state index contributed by atoms with van der Waals surface area (Å²) in [5.74, 6) is 1.45. The van der Waals surface area contributed by atoms with Crippen LogP contribution in [0.15, 0.2) is 53.1 Å². The van der Waals surface area contributed by atoms with E-state index < -0.39 is 10.0 Å². The van der Waals surface area contributed by atoms with Crippen LogP contribution in [0.1, 0.15) is 18.7 Å². The SMILES string of the molecule is COc1ccc(-c2noc(CN3CCCC(C(=O)Nc4cccc(N(C)S(C)(=O)=O)c4)C3)n2)cc1. The van der Waals surface area contributed by atoms with E-state index in [1.54, 1.807) is 31.4 Å². The van der Waals surface area contributed by atoms with Gasteiger partial charge in [-0.2, -0.15) is 4.98 Å². The van der Waals surface area contributed by atoms with Gasteiger partial charge >= 0.3 is 0 Å². The first-order valence-corrected chi connectivity index (χ1v) is 13.1. The van der Waals surface area contributed by atoms with Crippen molar-refractivity contribution in [2.45, 2.75) is 19.4 Å². The largest absolute Gasteiger partial charge is 0.497 e. The summed E-state index contributed by atoms with van der Waals surface area (Å²) in [6.45, 7) is 1.86. The number of amides is 1. The summed E-state index contributed by atoms with van der Waals surface area (Å²) in [7, 11) is -0.297. The third-order valence-electron chi connectivity index (χ3n) is 6.03. The number of ether oxygens (including phenoxy) is 1. The Kier molecular flexibility index (Phi) is 7.37. The number of hydrogen-bond donors (Lipinski definition) is 1. The minimum atomic E-state index is -3.39. The van der Waals surface area contributed by atoms with E-state index in [0.29, 0.717) is 36.2 Å². The lowest BCUT2D eigenvalue weighted by atomic mass is 9.97. The monoisotopic (exact) mass is 499 g/mol. The number of nitrogens with zero attached hydrogens (tertiary/aromatic N) is 4. The van der Waals surface area contributed by atoms with Gasteiger partial charge in [-0.15, -0.1) is 0 Å². The molecule has 0 saturated carbocycles. The van der Waals surface area contributed by atoms with Gasteiger partial charge in [-0.3, -0.25) is 14.0 Å². The smallest absolute Gasteiger partial charge is 0.241 e. The summed E-state index contributed by atoms with van der Waals surface area (Å²) in [6.07, 6.45) is 2.78. The first kappa shape index (κ1) is 24.7. The molecule has 0 aliphatic carbocycles. The highest BCUT2D eigenvalue weighted by Gasteiger charge is 2.27. The Balaban J connectivity index is 1.36. The number of carbonyl (C=O) groups is 1. The summed E-state index contributed by atoms with van der Waals surface area (Å²) in [5, 5.41) is 7.01. The van der Waals surface area contributed by atoms with Gasteiger partial charge in [0.1, 0.15) is 5.75 Å². The zero-order valence-corrected chi connectivity index (χ0v) is 20.8. The second-order valence-corrected chi connectivity index (χ2v) is 10.6. The molecule has 1 atom stereocenters. The lowest BCUT2D eigenvalue weighted by Crippen LogP contribution is -2.40. The highest BCUT2D eigenvalue weighted by Crippen LogP contribution is 2.24. The van der Waals surface area contributed by atoms with Gasteiger partial charge < -0.3 is 14.6 Å². The number of benzene rings is 2. The Labute approximate surface area is 204 Å². The number of methoxy groups -OCH3 is 1. The molecule has 1 aliphatic rings. The number of rotatable bonds is 8. The number of likely N-dealkylation sites (tertiary alicyclic amines) is 1.